The van der Waals surface area contributed by atoms with Gasteiger partial charge in [0.25, 0.3) is 7.48 Å². The number of nitrogens with zero attached hydrogens (tertiary/aromatic N) is 1. The first-order valence-corrected chi connectivity index (χ1v) is 8.86. The number of ether oxygens (including phenoxy) is 1. The molecule has 0 saturated carbocycles. The number of benzene rings is 1. The van der Waals surface area contributed by atoms with Crippen LogP contribution < -0.4 is 10.1 Å². The van der Waals surface area contributed by atoms with Crippen molar-refractivity contribution in [1.29, 1.82) is 0 Å². The van der Waals surface area contributed by atoms with Crippen molar-refractivity contribution in [3.63, 3.8) is 0 Å². The van der Waals surface area contributed by atoms with E-state index in [4.69, 9.17) is 20.0 Å². The molecule has 0 spiro atoms. The molecule has 11 nitrogen and oxygen atoms in total. The first-order chi connectivity index (χ1) is 14.3. The van der Waals surface area contributed by atoms with E-state index < -0.39 is 35.7 Å². The molecule has 1 amide bonds. The minimum atomic E-state index is -1.53. The number of aromatic carboxylic acids is 1. The molecule has 1 aromatic carbocycles. The summed E-state index contributed by atoms with van der Waals surface area (Å²) in [6, 6.07) is 1.41. The molecule has 159 valence electrons. The molecule has 1 saturated heterocycles. The monoisotopic (exact) mass is 419 g/mol. The van der Waals surface area contributed by atoms with Crippen LogP contribution >= 0.6 is 0 Å². The number of amides is 1. The minimum Gasteiger partial charge on any atom is -0.507 e. The van der Waals surface area contributed by atoms with Gasteiger partial charge in [0.1, 0.15) is 29.3 Å². The summed E-state index contributed by atoms with van der Waals surface area (Å²) in [5.74, 6) is -1.89. The van der Waals surface area contributed by atoms with Crippen molar-refractivity contribution in [2.75, 3.05) is 19.6 Å². The number of aliphatic hydroxyl groups excluding tert-OH is 1. The highest BCUT2D eigenvalue weighted by Crippen LogP contribution is 2.33. The number of aliphatic carboxylic acids is 1. The zero-order chi connectivity index (χ0) is 22.3. The van der Waals surface area contributed by atoms with Crippen molar-refractivity contribution in [3.8, 4) is 23.5 Å². The molecule has 1 aliphatic heterocycles. The van der Waals surface area contributed by atoms with Gasteiger partial charge in [-0.25, -0.2) is 9.59 Å². The van der Waals surface area contributed by atoms with E-state index in [-0.39, 0.29) is 43.7 Å². The Hall–Kier alpha value is -3.43. The Morgan fingerprint density at radius 1 is 1.30 bits per heavy atom. The van der Waals surface area contributed by atoms with Crippen LogP contribution in [-0.4, -0.2) is 87.5 Å². The van der Waals surface area contributed by atoms with Crippen molar-refractivity contribution < 1.29 is 44.6 Å². The zero-order valence-corrected chi connectivity index (χ0v) is 15.7. The van der Waals surface area contributed by atoms with Gasteiger partial charge < -0.3 is 35.5 Å². The smallest absolute Gasteiger partial charge is 0.343 e. The Balaban J connectivity index is 1.93. The molecule has 1 atom stereocenters. The van der Waals surface area contributed by atoms with Crippen molar-refractivity contribution in [1.82, 2.24) is 10.2 Å². The summed E-state index contributed by atoms with van der Waals surface area (Å²) < 4.78 is 5.63. The van der Waals surface area contributed by atoms with Gasteiger partial charge in [-0.1, -0.05) is 6.07 Å². The molecule has 1 aromatic rings. The van der Waals surface area contributed by atoms with Gasteiger partial charge in [-0.05, 0) is 30.3 Å². The fraction of sp³-hybridized carbons (Fsp3) is 0.389. The van der Waals surface area contributed by atoms with Gasteiger partial charge in [0.2, 0.25) is 5.91 Å². The molecule has 6 N–H and O–H groups in total. The van der Waals surface area contributed by atoms with Gasteiger partial charge in [0, 0.05) is 13.1 Å². The highest BCUT2D eigenvalue weighted by molar-refractivity contribution is 6.25. The van der Waals surface area contributed by atoms with Crippen LogP contribution in [0, 0.1) is 12.0 Å². The summed E-state index contributed by atoms with van der Waals surface area (Å²) in [7, 11) is 0.915. The summed E-state index contributed by atoms with van der Waals surface area (Å²) in [6.07, 6.45) is 1.52. The van der Waals surface area contributed by atoms with E-state index in [9.17, 15) is 24.6 Å². The van der Waals surface area contributed by atoms with Crippen molar-refractivity contribution in [3.05, 3.63) is 23.3 Å². The molecule has 0 bridgehead atoms. The molecule has 2 rings (SSSR count). The molecular weight excluding hydrogens is 399 g/mol. The fourth-order valence-corrected chi connectivity index (χ4v) is 2.88. The lowest BCUT2D eigenvalue weighted by Gasteiger charge is -2.38. The Morgan fingerprint density at radius 3 is 2.57 bits per heavy atom. The fourth-order valence-electron chi connectivity index (χ4n) is 2.88. The average Bonchev–Trinajstić information content (AvgIpc) is 2.64. The van der Waals surface area contributed by atoms with E-state index >= 15 is 0 Å². The second kappa shape index (κ2) is 10.4. The summed E-state index contributed by atoms with van der Waals surface area (Å²) in [5.41, 5.74) is -0.0237. The van der Waals surface area contributed by atoms with E-state index in [1.165, 1.54) is 18.2 Å². The van der Waals surface area contributed by atoms with Crippen LogP contribution in [0.5, 0.6) is 11.5 Å². The van der Waals surface area contributed by atoms with E-state index in [0.29, 0.717) is 5.56 Å². The van der Waals surface area contributed by atoms with Crippen molar-refractivity contribution in [2.45, 2.75) is 24.9 Å². The number of aromatic hydroxyl groups is 1. The summed E-state index contributed by atoms with van der Waals surface area (Å²) in [5, 5.41) is 47.9. The van der Waals surface area contributed by atoms with Crippen LogP contribution in [0.3, 0.4) is 0 Å². The number of rotatable bonds is 10. The number of carbonyl (C=O) groups excluding carboxylic acids is 1. The Morgan fingerprint density at radius 2 is 2.00 bits per heavy atom. The lowest BCUT2D eigenvalue weighted by Crippen LogP contribution is -2.57. The largest absolute Gasteiger partial charge is 0.507 e. The second-order valence-corrected chi connectivity index (χ2v) is 6.50. The van der Waals surface area contributed by atoms with Gasteiger partial charge >= 0.3 is 11.9 Å². The van der Waals surface area contributed by atoms with E-state index in [2.05, 4.69) is 5.32 Å². The SMILES string of the molecule is O=C(CN1CC(Oc2ccc(CC[B]O)c(O)c2C(=O)O)C1)NC(C#CO)C(=O)O. The average molecular weight is 419 g/mol. The van der Waals surface area contributed by atoms with Crippen LogP contribution in [0.4, 0.5) is 0 Å². The van der Waals surface area contributed by atoms with E-state index in [1.54, 1.807) is 4.90 Å². The third kappa shape index (κ3) is 5.79. The first-order valence-electron chi connectivity index (χ1n) is 8.86. The number of hydrogen-bond acceptors (Lipinski definition) is 8. The Kier molecular flexibility index (Phi) is 7.91. The van der Waals surface area contributed by atoms with Crippen LogP contribution in [0.1, 0.15) is 15.9 Å². The molecule has 30 heavy (non-hydrogen) atoms. The maximum Gasteiger partial charge on any atom is 0.343 e. The zero-order valence-electron chi connectivity index (χ0n) is 15.7. The third-order valence-electron chi connectivity index (χ3n) is 4.33. The number of carboxylic acid groups (broad SMARTS) is 2. The van der Waals surface area contributed by atoms with Crippen molar-refractivity contribution in [2.24, 2.45) is 0 Å². The molecule has 0 aliphatic carbocycles. The standard InChI is InChI=1S/C18H20BN2O9/c22-6-4-12(17(25)26)20-14(23)9-21-7-11(8-21)30-13-2-1-10(3-5-19-29)16(24)15(13)18(27)28/h1-2,11-12,22,24,29H,3,5,7-9H2,(H,20,23)(H,25,26)(H,27,28). The van der Waals surface area contributed by atoms with Gasteiger partial charge in [-0.3, -0.25) is 9.69 Å². The number of phenols is 1. The number of carbonyl (C=O) groups is 3. The number of hydrogen-bond donors (Lipinski definition) is 6. The maximum atomic E-state index is 11.9. The Labute approximate surface area is 172 Å². The van der Waals surface area contributed by atoms with Gasteiger partial charge in [-0.15, -0.1) is 0 Å². The predicted molar refractivity (Wildman–Crippen MR) is 102 cm³/mol. The molecule has 1 radical (unpaired) electrons. The second-order valence-electron chi connectivity index (χ2n) is 6.50. The highest BCUT2D eigenvalue weighted by Gasteiger charge is 2.32. The number of nitrogens with one attached hydrogen (secondary N) is 1. The van der Waals surface area contributed by atoms with Gasteiger partial charge in [0.05, 0.1) is 6.54 Å². The summed E-state index contributed by atoms with van der Waals surface area (Å²) >= 11 is 0. The molecule has 1 heterocycles. The van der Waals surface area contributed by atoms with Crippen LogP contribution in [0.15, 0.2) is 12.1 Å². The summed E-state index contributed by atoms with van der Waals surface area (Å²) in [6.45, 7) is 0.417. The van der Waals surface area contributed by atoms with E-state index in [1.807, 2.05) is 5.92 Å². The lowest BCUT2D eigenvalue weighted by atomic mass is 9.90. The molecule has 1 aliphatic rings. The quantitative estimate of drug-likeness (QED) is 0.196. The van der Waals surface area contributed by atoms with Crippen LogP contribution in [-0.2, 0) is 16.0 Å². The lowest BCUT2D eigenvalue weighted by molar-refractivity contribution is -0.140. The maximum absolute atomic E-state index is 11.9. The minimum absolute atomic E-state index is 0.0185. The molecule has 0 aromatic heterocycles. The number of carboxylic acids is 2. The third-order valence-corrected chi connectivity index (χ3v) is 4.33. The molecular formula is C18H20BN2O9. The molecule has 12 heteroatoms. The first kappa shape index (κ1) is 22.9. The molecule has 1 fully saturated rings. The molecule has 1 unspecified atom stereocenters. The number of aliphatic hydroxyl groups is 1. The predicted octanol–water partition coefficient (Wildman–Crippen LogP) is -1.37. The topological polar surface area (TPSA) is 177 Å². The van der Waals surface area contributed by atoms with E-state index in [0.717, 1.165) is 7.48 Å². The summed E-state index contributed by atoms with van der Waals surface area (Å²) in [4.78, 5) is 36.0. The van der Waals surface area contributed by atoms with Crippen LogP contribution in [0.2, 0.25) is 6.32 Å². The highest BCUT2D eigenvalue weighted by atomic mass is 16.5. The number of likely N-dealkylation sites (tertiary alicyclic amines) is 1. The Bertz CT molecular complexity index is 874. The van der Waals surface area contributed by atoms with Crippen LogP contribution in [0.25, 0.3) is 0 Å². The normalized spacial score (nSPS) is 14.6. The number of aryl methyl sites for hydroxylation is 1. The van der Waals surface area contributed by atoms with Gasteiger partial charge in [-0.2, -0.15) is 0 Å². The van der Waals surface area contributed by atoms with Gasteiger partial charge in [0.15, 0.2) is 6.04 Å². The van der Waals surface area contributed by atoms with Crippen molar-refractivity contribution >= 4 is 25.3 Å².